The number of urea groups is 1. The third kappa shape index (κ3) is 5.64. The van der Waals surface area contributed by atoms with E-state index in [9.17, 15) is 14.7 Å². The van der Waals surface area contributed by atoms with Crippen LogP contribution >= 0.6 is 0 Å². The third-order valence-electron chi connectivity index (χ3n) is 7.12. The van der Waals surface area contributed by atoms with Crippen LogP contribution < -0.4 is 14.8 Å². The topological polar surface area (TPSA) is 113 Å². The molecule has 3 amide bonds. The van der Waals surface area contributed by atoms with Crippen molar-refractivity contribution < 1.29 is 33.6 Å². The summed E-state index contributed by atoms with van der Waals surface area (Å²) in [6.45, 7) is 3.90. The van der Waals surface area contributed by atoms with E-state index < -0.39 is 6.10 Å². The number of ether oxygens (including phenoxy) is 4. The second kappa shape index (κ2) is 10.6. The zero-order valence-electron chi connectivity index (χ0n) is 20.1. The zero-order chi connectivity index (χ0) is 24.4. The van der Waals surface area contributed by atoms with Crippen molar-refractivity contribution in [2.45, 2.75) is 43.6 Å². The van der Waals surface area contributed by atoms with Gasteiger partial charge >= 0.3 is 6.03 Å². The first-order chi connectivity index (χ1) is 17.0. The first-order valence-corrected chi connectivity index (χ1v) is 12.3. The number of nitrogens with one attached hydrogen (secondary N) is 1. The molecular weight excluding hydrogens is 456 g/mol. The lowest BCUT2D eigenvalue weighted by Crippen LogP contribution is -2.58. The number of amides is 3. The van der Waals surface area contributed by atoms with Crippen LogP contribution in [0.4, 0.5) is 10.5 Å². The van der Waals surface area contributed by atoms with Gasteiger partial charge in [-0.05, 0) is 32.0 Å². The number of piperazine rings is 1. The van der Waals surface area contributed by atoms with Crippen molar-refractivity contribution in [3.8, 4) is 11.5 Å². The Balaban J connectivity index is 1.23. The van der Waals surface area contributed by atoms with Crippen molar-refractivity contribution in [2.75, 3.05) is 65.1 Å². The first kappa shape index (κ1) is 24.1. The highest BCUT2D eigenvalue weighted by Gasteiger charge is 2.40. The molecule has 5 rings (SSSR count). The summed E-state index contributed by atoms with van der Waals surface area (Å²) in [4.78, 5) is 31.9. The summed E-state index contributed by atoms with van der Waals surface area (Å²) in [7, 11) is 2.06. The van der Waals surface area contributed by atoms with Gasteiger partial charge in [-0.3, -0.25) is 4.79 Å². The van der Waals surface area contributed by atoms with E-state index in [1.807, 2.05) is 4.90 Å². The van der Waals surface area contributed by atoms with Crippen LogP contribution in [0.15, 0.2) is 18.2 Å². The summed E-state index contributed by atoms with van der Waals surface area (Å²) >= 11 is 0. The molecule has 0 spiro atoms. The van der Waals surface area contributed by atoms with E-state index in [0.717, 1.165) is 26.2 Å². The van der Waals surface area contributed by atoms with Crippen molar-refractivity contribution in [2.24, 2.45) is 0 Å². The highest BCUT2D eigenvalue weighted by atomic mass is 16.7. The first-order valence-electron chi connectivity index (χ1n) is 12.3. The van der Waals surface area contributed by atoms with Crippen molar-refractivity contribution >= 4 is 17.6 Å². The lowest BCUT2D eigenvalue weighted by molar-refractivity contribution is -0.155. The fourth-order valence-electron chi connectivity index (χ4n) is 5.12. The molecule has 192 valence electrons. The molecule has 4 heterocycles. The van der Waals surface area contributed by atoms with Gasteiger partial charge in [0.2, 0.25) is 12.7 Å². The number of aliphatic hydroxyl groups excluding tert-OH is 1. The van der Waals surface area contributed by atoms with Gasteiger partial charge in [0.25, 0.3) is 0 Å². The van der Waals surface area contributed by atoms with Gasteiger partial charge < -0.3 is 44.1 Å². The van der Waals surface area contributed by atoms with E-state index in [1.54, 1.807) is 23.1 Å². The molecule has 0 aliphatic carbocycles. The van der Waals surface area contributed by atoms with Crippen molar-refractivity contribution in [3.05, 3.63) is 18.2 Å². The van der Waals surface area contributed by atoms with Crippen LogP contribution in [-0.2, 0) is 14.3 Å². The normalized spacial score (nSPS) is 29.2. The molecule has 2 N–H and O–H groups in total. The number of rotatable bonds is 3. The predicted octanol–water partition coefficient (Wildman–Crippen LogP) is 0.721. The standard InChI is InChI=1S/C24H34N4O7/c1-26-6-8-27(9-7-26)23(30)11-18-3-4-19-22(35-18)14-32-13-17(29)12-28(19)24(31)25-16-2-5-20-21(10-16)34-15-33-20/h2,5,10,17-19,22,29H,3-4,6-9,11-15H2,1H3,(H,25,31)/t17-,18-,19-,22+/m0/s1. The number of hydrogen-bond donors (Lipinski definition) is 2. The van der Waals surface area contributed by atoms with E-state index in [2.05, 4.69) is 17.3 Å². The van der Waals surface area contributed by atoms with Gasteiger partial charge in [0.05, 0.1) is 44.4 Å². The Morgan fingerprint density at radius 3 is 2.71 bits per heavy atom. The molecule has 1 aromatic carbocycles. The van der Waals surface area contributed by atoms with Crippen molar-refractivity contribution in [3.63, 3.8) is 0 Å². The van der Waals surface area contributed by atoms with Gasteiger partial charge in [-0.15, -0.1) is 0 Å². The summed E-state index contributed by atoms with van der Waals surface area (Å²) in [6.07, 6.45) is 0.272. The average molecular weight is 491 g/mol. The van der Waals surface area contributed by atoms with E-state index >= 15 is 0 Å². The number of likely N-dealkylation sites (N-methyl/N-ethyl adjacent to an activating group) is 1. The molecule has 35 heavy (non-hydrogen) atoms. The molecule has 4 aliphatic rings. The summed E-state index contributed by atoms with van der Waals surface area (Å²) in [5.41, 5.74) is 0.580. The minimum Gasteiger partial charge on any atom is -0.454 e. The number of carbonyl (C=O) groups excluding carboxylic acids is 2. The van der Waals surface area contributed by atoms with Crippen LogP contribution in [0, 0.1) is 0 Å². The number of β-amino-alcohol motifs (C(OH)–C–C–N with tert-alkyl or cyclic N) is 1. The number of anilines is 1. The maximum Gasteiger partial charge on any atom is 0.322 e. The Labute approximate surface area is 204 Å². The minimum absolute atomic E-state index is 0.112. The van der Waals surface area contributed by atoms with E-state index in [0.29, 0.717) is 36.4 Å². The van der Waals surface area contributed by atoms with Gasteiger partial charge in [0.1, 0.15) is 6.10 Å². The van der Waals surface area contributed by atoms with Crippen molar-refractivity contribution in [1.29, 1.82) is 0 Å². The largest absolute Gasteiger partial charge is 0.454 e. The molecule has 0 aromatic heterocycles. The maximum absolute atomic E-state index is 13.3. The van der Waals surface area contributed by atoms with Crippen molar-refractivity contribution in [1.82, 2.24) is 14.7 Å². The second-order valence-electron chi connectivity index (χ2n) is 9.67. The van der Waals surface area contributed by atoms with E-state index in [4.69, 9.17) is 18.9 Å². The van der Waals surface area contributed by atoms with Gasteiger partial charge in [0.15, 0.2) is 11.5 Å². The van der Waals surface area contributed by atoms with Crippen LogP contribution in [0.3, 0.4) is 0 Å². The van der Waals surface area contributed by atoms with Crippen LogP contribution in [0.25, 0.3) is 0 Å². The lowest BCUT2D eigenvalue weighted by atomic mass is 9.94. The van der Waals surface area contributed by atoms with Gasteiger partial charge in [-0.25, -0.2) is 4.79 Å². The molecule has 1 aromatic rings. The second-order valence-corrected chi connectivity index (χ2v) is 9.67. The molecule has 3 saturated heterocycles. The Morgan fingerprint density at radius 1 is 1.09 bits per heavy atom. The maximum atomic E-state index is 13.3. The Bertz CT molecular complexity index is 923. The van der Waals surface area contributed by atoms with Gasteiger partial charge in [-0.1, -0.05) is 0 Å². The molecule has 0 bridgehead atoms. The predicted molar refractivity (Wildman–Crippen MR) is 125 cm³/mol. The number of nitrogens with zero attached hydrogens (tertiary/aromatic N) is 3. The molecule has 11 heteroatoms. The molecular formula is C24H34N4O7. The van der Waals surface area contributed by atoms with Crippen LogP contribution in [-0.4, -0.2) is 116 Å². The summed E-state index contributed by atoms with van der Waals surface area (Å²) < 4.78 is 22.7. The summed E-state index contributed by atoms with van der Waals surface area (Å²) in [5, 5.41) is 13.3. The van der Waals surface area contributed by atoms with E-state index in [1.165, 1.54) is 0 Å². The highest BCUT2D eigenvalue weighted by Crippen LogP contribution is 2.35. The number of aliphatic hydroxyl groups is 1. The SMILES string of the molecule is CN1CCN(C(=O)C[C@@H]2CC[C@H]3[C@@H](COC[C@@H](O)CN3C(=O)Nc3ccc4c(c3)OCO4)O2)CC1. The van der Waals surface area contributed by atoms with Crippen LogP contribution in [0.1, 0.15) is 19.3 Å². The Morgan fingerprint density at radius 2 is 1.89 bits per heavy atom. The fourth-order valence-corrected chi connectivity index (χ4v) is 5.12. The smallest absolute Gasteiger partial charge is 0.322 e. The number of hydrogen-bond acceptors (Lipinski definition) is 8. The highest BCUT2D eigenvalue weighted by molar-refractivity contribution is 5.90. The number of fused-ring (bicyclic) bond motifs is 2. The van der Waals surface area contributed by atoms with Gasteiger partial charge in [0, 0.05) is 37.9 Å². The third-order valence-corrected chi connectivity index (χ3v) is 7.12. The monoisotopic (exact) mass is 490 g/mol. The van der Waals surface area contributed by atoms with Crippen LogP contribution in [0.2, 0.25) is 0 Å². The van der Waals surface area contributed by atoms with Gasteiger partial charge in [-0.2, -0.15) is 0 Å². The average Bonchev–Trinajstić information content (AvgIpc) is 3.30. The Hall–Kier alpha value is -2.60. The molecule has 3 fully saturated rings. The zero-order valence-corrected chi connectivity index (χ0v) is 20.1. The summed E-state index contributed by atoms with van der Waals surface area (Å²) in [6, 6.07) is 4.63. The molecule has 11 nitrogen and oxygen atoms in total. The number of benzene rings is 1. The van der Waals surface area contributed by atoms with Crippen LogP contribution in [0.5, 0.6) is 11.5 Å². The fraction of sp³-hybridized carbons (Fsp3) is 0.667. The molecule has 0 unspecified atom stereocenters. The van der Waals surface area contributed by atoms with E-state index in [-0.39, 0.29) is 56.7 Å². The number of carbonyl (C=O) groups is 2. The quantitative estimate of drug-likeness (QED) is 0.638. The molecule has 0 radical (unpaired) electrons. The Kier molecular flexibility index (Phi) is 7.28. The summed E-state index contributed by atoms with van der Waals surface area (Å²) in [5.74, 6) is 1.33. The minimum atomic E-state index is -0.796. The molecule has 0 saturated carbocycles. The molecule has 4 atom stereocenters. The molecule has 4 aliphatic heterocycles. The lowest BCUT2D eigenvalue weighted by Gasteiger charge is -2.44.